The highest BCUT2D eigenvalue weighted by Crippen LogP contribution is 2.24. The van der Waals surface area contributed by atoms with Crippen molar-refractivity contribution in [3.8, 4) is 0 Å². The summed E-state index contributed by atoms with van der Waals surface area (Å²) >= 11 is 0. The molecule has 1 aliphatic rings. The van der Waals surface area contributed by atoms with E-state index in [9.17, 15) is 4.79 Å². The van der Waals surface area contributed by atoms with Crippen molar-refractivity contribution in [2.45, 2.75) is 45.1 Å². The van der Waals surface area contributed by atoms with Crippen molar-refractivity contribution < 1.29 is 14.3 Å². The maximum Gasteiger partial charge on any atom is 0.326 e. The maximum absolute atomic E-state index is 11.9. The minimum Gasteiger partial charge on any atom is -0.462 e. The number of carbonyl (C=O) groups excluding carboxylic acids is 1. The smallest absolute Gasteiger partial charge is 0.326 e. The topological polar surface area (TPSA) is 47.6 Å². The van der Waals surface area contributed by atoms with Gasteiger partial charge in [0.1, 0.15) is 12.1 Å². The molecule has 0 aliphatic carbocycles. The average molecular weight is 229 g/mol. The maximum atomic E-state index is 11.9. The van der Waals surface area contributed by atoms with Crippen molar-refractivity contribution in [3.05, 3.63) is 0 Å². The molecule has 4 nitrogen and oxygen atoms in total. The van der Waals surface area contributed by atoms with Crippen LogP contribution in [-0.2, 0) is 14.3 Å². The van der Waals surface area contributed by atoms with Gasteiger partial charge in [0.15, 0.2) is 0 Å². The molecule has 0 aromatic carbocycles. The normalized spacial score (nSPS) is 24.6. The van der Waals surface area contributed by atoms with Gasteiger partial charge in [0.05, 0.1) is 6.61 Å². The van der Waals surface area contributed by atoms with Gasteiger partial charge in [-0.15, -0.1) is 0 Å². The average Bonchev–Trinajstić information content (AvgIpc) is 2.78. The second-order valence-electron chi connectivity index (χ2n) is 4.21. The van der Waals surface area contributed by atoms with Crippen LogP contribution < -0.4 is 5.32 Å². The van der Waals surface area contributed by atoms with Crippen LogP contribution in [0.15, 0.2) is 0 Å². The highest BCUT2D eigenvalue weighted by Gasteiger charge is 2.40. The molecule has 4 heteroatoms. The summed E-state index contributed by atoms with van der Waals surface area (Å²) in [6, 6.07) is 0. The van der Waals surface area contributed by atoms with Gasteiger partial charge < -0.3 is 14.8 Å². The fourth-order valence-electron chi connectivity index (χ4n) is 2.00. The first-order valence-corrected chi connectivity index (χ1v) is 6.25. The first-order chi connectivity index (χ1) is 7.75. The molecule has 0 radical (unpaired) electrons. The zero-order chi connectivity index (χ0) is 11.9. The van der Waals surface area contributed by atoms with Crippen LogP contribution in [0.3, 0.4) is 0 Å². The predicted octanol–water partition coefficient (Wildman–Crippen LogP) is 1.49. The number of rotatable bonds is 7. The standard InChI is InChI=1S/C12H23NO3/c1-3-8-15-9-10-16-11(14)12(4-2)6-5-7-13-12/h13H,3-10H2,1-2H3. The molecule has 1 heterocycles. The van der Waals surface area contributed by atoms with Crippen LogP contribution in [0.4, 0.5) is 0 Å². The van der Waals surface area contributed by atoms with Gasteiger partial charge in [0, 0.05) is 6.61 Å². The Balaban J connectivity index is 2.22. The monoisotopic (exact) mass is 229 g/mol. The molecule has 1 N–H and O–H groups in total. The summed E-state index contributed by atoms with van der Waals surface area (Å²) in [6.45, 7) is 6.58. The molecule has 1 atom stereocenters. The molecule has 1 rings (SSSR count). The molecule has 0 bridgehead atoms. The molecule has 16 heavy (non-hydrogen) atoms. The van der Waals surface area contributed by atoms with Crippen LogP contribution >= 0.6 is 0 Å². The van der Waals surface area contributed by atoms with E-state index in [1.165, 1.54) is 0 Å². The molecule has 0 aromatic heterocycles. The number of esters is 1. The summed E-state index contributed by atoms with van der Waals surface area (Å²) in [4.78, 5) is 11.9. The fourth-order valence-corrected chi connectivity index (χ4v) is 2.00. The van der Waals surface area contributed by atoms with E-state index in [-0.39, 0.29) is 5.97 Å². The van der Waals surface area contributed by atoms with Crippen LogP contribution in [0.1, 0.15) is 39.5 Å². The van der Waals surface area contributed by atoms with Crippen LogP contribution in [-0.4, -0.2) is 37.9 Å². The van der Waals surface area contributed by atoms with E-state index in [1.54, 1.807) is 0 Å². The summed E-state index contributed by atoms with van der Waals surface area (Å²) in [5.41, 5.74) is -0.426. The molecule has 1 saturated heterocycles. The minimum atomic E-state index is -0.426. The van der Waals surface area contributed by atoms with Crippen LogP contribution in [0.2, 0.25) is 0 Å². The van der Waals surface area contributed by atoms with Crippen LogP contribution in [0.25, 0.3) is 0 Å². The third kappa shape index (κ3) is 3.46. The van der Waals surface area contributed by atoms with Crippen molar-refractivity contribution in [3.63, 3.8) is 0 Å². The highest BCUT2D eigenvalue weighted by atomic mass is 16.6. The molecule has 1 fully saturated rings. The van der Waals surface area contributed by atoms with Gasteiger partial charge in [-0.05, 0) is 32.2 Å². The summed E-state index contributed by atoms with van der Waals surface area (Å²) in [5, 5.41) is 3.26. The molecule has 0 spiro atoms. The Morgan fingerprint density at radius 3 is 2.69 bits per heavy atom. The lowest BCUT2D eigenvalue weighted by Gasteiger charge is -2.25. The number of hydrogen-bond acceptors (Lipinski definition) is 4. The third-order valence-electron chi connectivity index (χ3n) is 3.05. The molecule has 94 valence electrons. The minimum absolute atomic E-state index is 0.118. The number of carbonyl (C=O) groups is 1. The van der Waals surface area contributed by atoms with E-state index < -0.39 is 5.54 Å². The van der Waals surface area contributed by atoms with Gasteiger partial charge in [0.25, 0.3) is 0 Å². The van der Waals surface area contributed by atoms with Crippen molar-refractivity contribution >= 4 is 5.97 Å². The van der Waals surface area contributed by atoms with Gasteiger partial charge in [-0.25, -0.2) is 0 Å². The Labute approximate surface area is 97.7 Å². The summed E-state index contributed by atoms with van der Waals surface area (Å²) in [5.74, 6) is -0.118. The fraction of sp³-hybridized carbons (Fsp3) is 0.917. The lowest BCUT2D eigenvalue weighted by Crippen LogP contribution is -2.48. The molecule has 0 saturated carbocycles. The molecule has 0 amide bonds. The second-order valence-corrected chi connectivity index (χ2v) is 4.21. The summed E-state index contributed by atoms with van der Waals surface area (Å²) in [6.07, 6.45) is 3.73. The van der Waals surface area contributed by atoms with E-state index in [2.05, 4.69) is 12.2 Å². The lowest BCUT2D eigenvalue weighted by atomic mass is 9.94. The third-order valence-corrected chi connectivity index (χ3v) is 3.05. The van der Waals surface area contributed by atoms with Crippen molar-refractivity contribution in [2.75, 3.05) is 26.4 Å². The first-order valence-electron chi connectivity index (χ1n) is 6.25. The zero-order valence-corrected chi connectivity index (χ0v) is 10.4. The van der Waals surface area contributed by atoms with E-state index in [4.69, 9.17) is 9.47 Å². The van der Waals surface area contributed by atoms with Crippen molar-refractivity contribution in [1.82, 2.24) is 5.32 Å². The summed E-state index contributed by atoms with van der Waals surface area (Å²) in [7, 11) is 0. The second kappa shape index (κ2) is 6.86. The molecule has 1 unspecified atom stereocenters. The van der Waals surface area contributed by atoms with E-state index in [1.807, 2.05) is 6.92 Å². The van der Waals surface area contributed by atoms with Gasteiger partial charge in [-0.3, -0.25) is 4.79 Å². The Kier molecular flexibility index (Phi) is 5.77. The van der Waals surface area contributed by atoms with Crippen molar-refractivity contribution in [1.29, 1.82) is 0 Å². The molecular formula is C12H23NO3. The zero-order valence-electron chi connectivity index (χ0n) is 10.4. The summed E-state index contributed by atoms with van der Waals surface area (Å²) < 4.78 is 10.5. The number of ether oxygens (including phenoxy) is 2. The van der Waals surface area contributed by atoms with E-state index in [0.29, 0.717) is 13.2 Å². The number of nitrogens with one attached hydrogen (secondary N) is 1. The Morgan fingerprint density at radius 1 is 1.31 bits per heavy atom. The van der Waals surface area contributed by atoms with Crippen molar-refractivity contribution in [2.24, 2.45) is 0 Å². The van der Waals surface area contributed by atoms with Crippen LogP contribution in [0.5, 0.6) is 0 Å². The Bertz CT molecular complexity index is 212. The predicted molar refractivity (Wildman–Crippen MR) is 62.3 cm³/mol. The van der Waals surface area contributed by atoms with Crippen LogP contribution in [0, 0.1) is 0 Å². The van der Waals surface area contributed by atoms with Gasteiger partial charge in [-0.1, -0.05) is 13.8 Å². The Hall–Kier alpha value is -0.610. The molecular weight excluding hydrogens is 206 g/mol. The molecule has 1 aliphatic heterocycles. The lowest BCUT2D eigenvalue weighted by molar-refractivity contribution is -0.152. The molecule has 0 aromatic rings. The SMILES string of the molecule is CCCOCCOC(=O)C1(CC)CCCN1. The number of hydrogen-bond donors (Lipinski definition) is 1. The van der Waals surface area contributed by atoms with Gasteiger partial charge in [0.2, 0.25) is 0 Å². The largest absolute Gasteiger partial charge is 0.462 e. The first kappa shape index (κ1) is 13.5. The van der Waals surface area contributed by atoms with E-state index >= 15 is 0 Å². The highest BCUT2D eigenvalue weighted by molar-refractivity contribution is 5.81. The van der Waals surface area contributed by atoms with E-state index in [0.717, 1.165) is 38.8 Å². The Morgan fingerprint density at radius 2 is 2.12 bits per heavy atom. The van der Waals surface area contributed by atoms with Gasteiger partial charge in [-0.2, -0.15) is 0 Å². The van der Waals surface area contributed by atoms with Gasteiger partial charge >= 0.3 is 5.97 Å². The quantitative estimate of drug-likeness (QED) is 0.531.